The minimum Gasteiger partial charge on any atom is -0.486 e. The molecule has 124 valence electrons. The molecule has 0 atom stereocenters. The van der Waals surface area contributed by atoms with Crippen LogP contribution in [0.3, 0.4) is 0 Å². The summed E-state index contributed by atoms with van der Waals surface area (Å²) < 4.78 is 37.9. The van der Waals surface area contributed by atoms with Gasteiger partial charge in [0.1, 0.15) is 11.4 Å². The molecule has 1 rings (SSSR count). The number of benzene rings is 1. The Morgan fingerprint density at radius 3 is 2.55 bits per heavy atom. The van der Waals surface area contributed by atoms with E-state index in [0.717, 1.165) is 0 Å². The van der Waals surface area contributed by atoms with Crippen LogP contribution in [0.25, 0.3) is 0 Å². The Balaban J connectivity index is 2.48. The van der Waals surface area contributed by atoms with Gasteiger partial charge in [-0.25, -0.2) is 13.6 Å². The number of carbonyl (C=O) groups is 1. The number of carbonyl (C=O) groups excluding carboxylic acids is 1. The van der Waals surface area contributed by atoms with Gasteiger partial charge in [0.2, 0.25) is 0 Å². The van der Waals surface area contributed by atoms with Crippen LogP contribution in [-0.4, -0.2) is 30.8 Å². The van der Waals surface area contributed by atoms with Crippen molar-refractivity contribution in [2.75, 3.05) is 13.2 Å². The van der Waals surface area contributed by atoms with Crippen LogP contribution in [-0.2, 0) is 4.74 Å². The van der Waals surface area contributed by atoms with E-state index < -0.39 is 30.8 Å². The molecule has 0 spiro atoms. The molecule has 0 saturated carbocycles. The molecule has 22 heavy (non-hydrogen) atoms. The third-order valence-corrected chi connectivity index (χ3v) is 3.01. The van der Waals surface area contributed by atoms with Gasteiger partial charge in [0, 0.05) is 4.47 Å². The number of halogens is 4. The summed E-state index contributed by atoms with van der Waals surface area (Å²) in [6.45, 7) is 3.12. The molecule has 0 aromatic heterocycles. The van der Waals surface area contributed by atoms with E-state index in [1.54, 1.807) is 26.8 Å². The summed E-state index contributed by atoms with van der Waals surface area (Å²) >= 11 is 9.07. The molecule has 0 unspecified atom stereocenters. The normalized spacial score (nSPS) is 12.0. The number of hydrogen-bond acceptors (Lipinski definition) is 3. The Kier molecular flexibility index (Phi) is 6.43. The van der Waals surface area contributed by atoms with Gasteiger partial charge in [0.15, 0.2) is 6.61 Å². The van der Waals surface area contributed by atoms with Crippen LogP contribution in [0.4, 0.5) is 13.6 Å². The monoisotopic (exact) mass is 399 g/mol. The Morgan fingerprint density at radius 2 is 2.00 bits per heavy atom. The van der Waals surface area contributed by atoms with Crippen LogP contribution in [0.15, 0.2) is 22.7 Å². The Labute approximate surface area is 141 Å². The third-order valence-electron chi connectivity index (χ3n) is 2.22. The molecule has 4 nitrogen and oxygen atoms in total. The summed E-state index contributed by atoms with van der Waals surface area (Å²) in [6.07, 6.45) is -0.908. The lowest BCUT2D eigenvalue weighted by Gasteiger charge is -2.22. The summed E-state index contributed by atoms with van der Waals surface area (Å²) in [7, 11) is 0. The zero-order chi connectivity index (χ0) is 17.0. The second-order valence-electron chi connectivity index (χ2n) is 5.57. The summed E-state index contributed by atoms with van der Waals surface area (Å²) in [4.78, 5) is 11.3. The van der Waals surface area contributed by atoms with Gasteiger partial charge in [-0.3, -0.25) is 0 Å². The van der Waals surface area contributed by atoms with E-state index in [9.17, 15) is 13.6 Å². The first kappa shape index (κ1) is 19.0. The highest BCUT2D eigenvalue weighted by molar-refractivity contribution is 9.10. The Bertz CT molecular complexity index is 535. The zero-order valence-electron chi connectivity index (χ0n) is 12.4. The van der Waals surface area contributed by atoms with E-state index in [4.69, 9.17) is 21.1 Å². The molecule has 8 heteroatoms. The molecule has 0 heterocycles. The SMILES string of the molecule is CC(C)(C)OC(=O)NCC(F)(F)COc1ccc(Br)cc1Cl. The average molecular weight is 401 g/mol. The van der Waals surface area contributed by atoms with E-state index in [-0.39, 0.29) is 10.8 Å². The van der Waals surface area contributed by atoms with Gasteiger partial charge in [-0.2, -0.15) is 0 Å². The van der Waals surface area contributed by atoms with Crippen LogP contribution in [0, 0.1) is 0 Å². The quantitative estimate of drug-likeness (QED) is 0.783. The lowest BCUT2D eigenvalue weighted by atomic mass is 10.2. The number of alkyl halides is 2. The van der Waals surface area contributed by atoms with E-state index in [1.165, 1.54) is 12.1 Å². The number of nitrogens with one attached hydrogen (secondary N) is 1. The zero-order valence-corrected chi connectivity index (χ0v) is 14.7. The predicted octanol–water partition coefficient (Wildman–Crippen LogP) is 4.64. The smallest absolute Gasteiger partial charge is 0.407 e. The van der Waals surface area contributed by atoms with Crippen molar-refractivity contribution in [2.24, 2.45) is 0 Å². The molecule has 0 aliphatic rings. The summed E-state index contributed by atoms with van der Waals surface area (Å²) in [5, 5.41) is 2.22. The van der Waals surface area contributed by atoms with Crippen molar-refractivity contribution in [1.82, 2.24) is 5.32 Å². The van der Waals surface area contributed by atoms with Crippen molar-refractivity contribution < 1.29 is 23.0 Å². The first-order valence-electron chi connectivity index (χ1n) is 6.41. The van der Waals surface area contributed by atoms with Gasteiger partial charge in [0.05, 0.1) is 11.6 Å². The van der Waals surface area contributed by atoms with Gasteiger partial charge < -0.3 is 14.8 Å². The molecule has 0 fully saturated rings. The van der Waals surface area contributed by atoms with Gasteiger partial charge in [-0.1, -0.05) is 27.5 Å². The van der Waals surface area contributed by atoms with Gasteiger partial charge in [-0.05, 0) is 39.0 Å². The van der Waals surface area contributed by atoms with E-state index in [2.05, 4.69) is 15.9 Å². The number of alkyl carbamates (subject to hydrolysis) is 1. The lowest BCUT2D eigenvalue weighted by Crippen LogP contribution is -2.42. The van der Waals surface area contributed by atoms with Crippen LogP contribution >= 0.6 is 27.5 Å². The van der Waals surface area contributed by atoms with Crippen molar-refractivity contribution in [3.8, 4) is 5.75 Å². The molecular formula is C14H17BrClF2NO3. The van der Waals surface area contributed by atoms with E-state index in [0.29, 0.717) is 4.47 Å². The van der Waals surface area contributed by atoms with Crippen molar-refractivity contribution in [3.05, 3.63) is 27.7 Å². The average Bonchev–Trinajstić information content (AvgIpc) is 2.33. The van der Waals surface area contributed by atoms with Crippen LogP contribution in [0.2, 0.25) is 5.02 Å². The molecule has 0 saturated heterocycles. The summed E-state index contributed by atoms with van der Waals surface area (Å²) in [5.74, 6) is -3.12. The lowest BCUT2D eigenvalue weighted by molar-refractivity contribution is -0.0408. The highest BCUT2D eigenvalue weighted by Gasteiger charge is 2.32. The van der Waals surface area contributed by atoms with Crippen molar-refractivity contribution in [3.63, 3.8) is 0 Å². The predicted molar refractivity (Wildman–Crippen MR) is 83.8 cm³/mol. The minimum absolute atomic E-state index is 0.141. The second kappa shape index (κ2) is 7.46. The molecule has 0 bridgehead atoms. The molecule has 0 radical (unpaired) electrons. The highest BCUT2D eigenvalue weighted by Crippen LogP contribution is 2.28. The van der Waals surface area contributed by atoms with Crippen molar-refractivity contribution in [2.45, 2.75) is 32.3 Å². The maximum atomic E-state index is 13.7. The molecule has 1 aromatic rings. The fraction of sp³-hybridized carbons (Fsp3) is 0.500. The Morgan fingerprint density at radius 1 is 1.36 bits per heavy atom. The van der Waals surface area contributed by atoms with Crippen molar-refractivity contribution >= 4 is 33.6 Å². The molecular weight excluding hydrogens is 384 g/mol. The fourth-order valence-electron chi connectivity index (χ4n) is 1.34. The van der Waals surface area contributed by atoms with Gasteiger partial charge >= 0.3 is 6.09 Å². The largest absolute Gasteiger partial charge is 0.486 e. The second-order valence-corrected chi connectivity index (χ2v) is 6.90. The van der Waals surface area contributed by atoms with Crippen LogP contribution in [0.1, 0.15) is 20.8 Å². The van der Waals surface area contributed by atoms with E-state index >= 15 is 0 Å². The number of hydrogen-bond donors (Lipinski definition) is 1. The number of rotatable bonds is 5. The molecule has 1 N–H and O–H groups in total. The molecule has 0 aliphatic carbocycles. The third kappa shape index (κ3) is 7.26. The first-order chi connectivity index (χ1) is 9.98. The standard InChI is InChI=1S/C14H17BrClF2NO3/c1-13(2,3)22-12(20)19-7-14(17,18)8-21-11-5-4-9(15)6-10(11)16/h4-6H,7-8H2,1-3H3,(H,19,20). The fourth-order valence-corrected chi connectivity index (χ4v) is 2.07. The van der Waals surface area contributed by atoms with E-state index in [1.807, 2.05) is 5.32 Å². The molecule has 1 amide bonds. The van der Waals surface area contributed by atoms with Gasteiger partial charge in [0.25, 0.3) is 5.92 Å². The maximum absolute atomic E-state index is 13.7. The summed E-state index contributed by atoms with van der Waals surface area (Å²) in [5.41, 5.74) is -0.749. The minimum atomic E-state index is -3.26. The van der Waals surface area contributed by atoms with Crippen molar-refractivity contribution in [1.29, 1.82) is 0 Å². The molecule has 1 aromatic carbocycles. The van der Waals surface area contributed by atoms with Crippen LogP contribution < -0.4 is 10.1 Å². The first-order valence-corrected chi connectivity index (χ1v) is 7.58. The Hall–Kier alpha value is -1.08. The molecule has 0 aliphatic heterocycles. The highest BCUT2D eigenvalue weighted by atomic mass is 79.9. The van der Waals surface area contributed by atoms with Crippen LogP contribution in [0.5, 0.6) is 5.75 Å². The summed E-state index contributed by atoms with van der Waals surface area (Å²) in [6, 6.07) is 4.63. The number of ether oxygens (including phenoxy) is 2. The topological polar surface area (TPSA) is 47.6 Å². The van der Waals surface area contributed by atoms with Gasteiger partial charge in [-0.15, -0.1) is 0 Å². The maximum Gasteiger partial charge on any atom is 0.407 e. The number of amides is 1.